The van der Waals surface area contributed by atoms with Crippen molar-refractivity contribution in [1.29, 1.82) is 0 Å². The van der Waals surface area contributed by atoms with Crippen LogP contribution in [0, 0.1) is 6.92 Å². The standard InChI is InChI=1S/C15H18ClN3O/c1-10-5-3-4-8-18(10)15(20)14-11(2)17-13-7-6-12(16)9-19(13)14/h6-7,9-10H,3-5,8H2,1-2H3. The Kier molecular flexibility index (Phi) is 3.42. The summed E-state index contributed by atoms with van der Waals surface area (Å²) in [6.45, 7) is 4.82. The molecule has 0 radical (unpaired) electrons. The van der Waals surface area contributed by atoms with Crippen molar-refractivity contribution >= 4 is 23.2 Å². The molecule has 1 unspecified atom stereocenters. The molecule has 4 nitrogen and oxygen atoms in total. The number of carbonyl (C=O) groups is 1. The van der Waals surface area contributed by atoms with Crippen LogP contribution in [0.1, 0.15) is 42.4 Å². The third-order valence-corrected chi connectivity index (χ3v) is 4.25. The van der Waals surface area contributed by atoms with Crippen LogP contribution in [0.3, 0.4) is 0 Å². The summed E-state index contributed by atoms with van der Waals surface area (Å²) < 4.78 is 1.81. The average molecular weight is 292 g/mol. The molecule has 1 fully saturated rings. The number of amides is 1. The molecule has 0 N–H and O–H groups in total. The summed E-state index contributed by atoms with van der Waals surface area (Å²) in [4.78, 5) is 19.3. The molecule has 20 heavy (non-hydrogen) atoms. The second-order valence-corrected chi connectivity index (χ2v) is 5.90. The lowest BCUT2D eigenvalue weighted by atomic mass is 10.0. The molecule has 1 atom stereocenters. The molecule has 106 valence electrons. The first kappa shape index (κ1) is 13.4. The van der Waals surface area contributed by atoms with E-state index in [2.05, 4.69) is 11.9 Å². The number of piperidine rings is 1. The van der Waals surface area contributed by atoms with Crippen LogP contribution in [0.25, 0.3) is 5.65 Å². The van der Waals surface area contributed by atoms with Gasteiger partial charge in [0, 0.05) is 18.8 Å². The van der Waals surface area contributed by atoms with Crippen LogP contribution in [-0.2, 0) is 0 Å². The quantitative estimate of drug-likeness (QED) is 0.808. The molecule has 1 saturated heterocycles. The number of imidazole rings is 1. The van der Waals surface area contributed by atoms with Crippen LogP contribution >= 0.6 is 11.6 Å². The molecule has 0 bridgehead atoms. The van der Waals surface area contributed by atoms with E-state index in [-0.39, 0.29) is 5.91 Å². The lowest BCUT2D eigenvalue weighted by Gasteiger charge is -2.33. The first-order chi connectivity index (χ1) is 9.58. The summed E-state index contributed by atoms with van der Waals surface area (Å²) in [5, 5.41) is 0.607. The topological polar surface area (TPSA) is 37.6 Å². The smallest absolute Gasteiger partial charge is 0.273 e. The van der Waals surface area contributed by atoms with Crippen LogP contribution in [0.4, 0.5) is 0 Å². The second-order valence-electron chi connectivity index (χ2n) is 5.46. The molecule has 5 heteroatoms. The lowest BCUT2D eigenvalue weighted by molar-refractivity contribution is 0.0627. The van der Waals surface area contributed by atoms with Crippen molar-refractivity contribution in [3.05, 3.63) is 34.7 Å². The number of fused-ring (bicyclic) bond motifs is 1. The molecule has 0 spiro atoms. The fourth-order valence-electron chi connectivity index (χ4n) is 2.93. The van der Waals surface area contributed by atoms with E-state index < -0.39 is 0 Å². The molecule has 0 aromatic carbocycles. The molecule has 0 aliphatic carbocycles. The minimum atomic E-state index is 0.0597. The Hall–Kier alpha value is -1.55. The molecule has 0 saturated carbocycles. The number of carbonyl (C=O) groups excluding carboxylic acids is 1. The number of likely N-dealkylation sites (tertiary alicyclic amines) is 1. The summed E-state index contributed by atoms with van der Waals surface area (Å²) in [5.41, 5.74) is 2.16. The zero-order valence-electron chi connectivity index (χ0n) is 11.8. The van der Waals surface area contributed by atoms with Gasteiger partial charge in [0.1, 0.15) is 11.3 Å². The Morgan fingerprint density at radius 2 is 2.20 bits per heavy atom. The van der Waals surface area contributed by atoms with Gasteiger partial charge in [0.25, 0.3) is 5.91 Å². The van der Waals surface area contributed by atoms with Crippen LogP contribution in [0.2, 0.25) is 5.02 Å². The number of hydrogen-bond acceptors (Lipinski definition) is 2. The van der Waals surface area contributed by atoms with Gasteiger partial charge in [-0.3, -0.25) is 9.20 Å². The normalized spacial score (nSPS) is 19.6. The van der Waals surface area contributed by atoms with Gasteiger partial charge in [-0.1, -0.05) is 11.6 Å². The predicted molar refractivity (Wildman–Crippen MR) is 79.3 cm³/mol. The van der Waals surface area contributed by atoms with E-state index in [0.717, 1.165) is 30.7 Å². The highest BCUT2D eigenvalue weighted by atomic mass is 35.5. The van der Waals surface area contributed by atoms with Crippen molar-refractivity contribution in [1.82, 2.24) is 14.3 Å². The summed E-state index contributed by atoms with van der Waals surface area (Å²) in [5.74, 6) is 0.0597. The molecule has 1 aliphatic rings. The van der Waals surface area contributed by atoms with Gasteiger partial charge < -0.3 is 4.90 Å². The SMILES string of the molecule is Cc1nc2ccc(Cl)cn2c1C(=O)N1CCCCC1C. The van der Waals surface area contributed by atoms with Gasteiger partial charge in [-0.2, -0.15) is 0 Å². The number of halogens is 1. The van der Waals surface area contributed by atoms with Crippen molar-refractivity contribution in [3.63, 3.8) is 0 Å². The maximum atomic E-state index is 12.8. The maximum absolute atomic E-state index is 12.8. The number of aromatic nitrogens is 2. The number of nitrogens with zero attached hydrogens (tertiary/aromatic N) is 3. The third kappa shape index (κ3) is 2.18. The Morgan fingerprint density at radius 1 is 1.40 bits per heavy atom. The van der Waals surface area contributed by atoms with E-state index in [4.69, 9.17) is 11.6 Å². The first-order valence-electron chi connectivity index (χ1n) is 7.03. The molecular formula is C15H18ClN3O. The monoisotopic (exact) mass is 291 g/mol. The molecule has 2 aromatic heterocycles. The van der Waals surface area contributed by atoms with Gasteiger partial charge in [-0.25, -0.2) is 4.98 Å². The molecule has 1 amide bonds. The predicted octanol–water partition coefficient (Wildman–Crippen LogP) is 3.31. The summed E-state index contributed by atoms with van der Waals surface area (Å²) >= 11 is 6.05. The second kappa shape index (κ2) is 5.09. The van der Waals surface area contributed by atoms with Crippen molar-refractivity contribution in [2.75, 3.05) is 6.54 Å². The van der Waals surface area contributed by atoms with Crippen LogP contribution in [0.5, 0.6) is 0 Å². The minimum Gasteiger partial charge on any atom is -0.335 e. The Bertz CT molecular complexity index is 664. The van der Waals surface area contributed by atoms with E-state index >= 15 is 0 Å². The van der Waals surface area contributed by atoms with E-state index in [1.807, 2.05) is 17.9 Å². The zero-order valence-corrected chi connectivity index (χ0v) is 12.5. The average Bonchev–Trinajstić information content (AvgIpc) is 2.74. The lowest BCUT2D eigenvalue weighted by Crippen LogP contribution is -2.42. The van der Waals surface area contributed by atoms with E-state index in [9.17, 15) is 4.79 Å². The summed E-state index contributed by atoms with van der Waals surface area (Å²) in [6.07, 6.45) is 5.11. The fourth-order valence-corrected chi connectivity index (χ4v) is 3.09. The molecule has 2 aromatic rings. The van der Waals surface area contributed by atoms with Crippen molar-refractivity contribution in [3.8, 4) is 0 Å². The number of hydrogen-bond donors (Lipinski definition) is 0. The van der Waals surface area contributed by atoms with Crippen molar-refractivity contribution in [2.45, 2.75) is 39.2 Å². The van der Waals surface area contributed by atoms with Crippen LogP contribution in [0.15, 0.2) is 18.3 Å². The number of rotatable bonds is 1. The fraction of sp³-hybridized carbons (Fsp3) is 0.467. The van der Waals surface area contributed by atoms with Crippen molar-refractivity contribution in [2.24, 2.45) is 0 Å². The Labute approximate surface area is 123 Å². The maximum Gasteiger partial charge on any atom is 0.273 e. The van der Waals surface area contributed by atoms with E-state index in [1.54, 1.807) is 16.7 Å². The Morgan fingerprint density at radius 3 is 2.95 bits per heavy atom. The van der Waals surface area contributed by atoms with Gasteiger partial charge in [-0.15, -0.1) is 0 Å². The van der Waals surface area contributed by atoms with E-state index in [0.29, 0.717) is 16.8 Å². The van der Waals surface area contributed by atoms with Gasteiger partial charge in [0.2, 0.25) is 0 Å². The molecule has 1 aliphatic heterocycles. The molecular weight excluding hydrogens is 274 g/mol. The van der Waals surface area contributed by atoms with Gasteiger partial charge in [0.05, 0.1) is 10.7 Å². The minimum absolute atomic E-state index is 0.0597. The zero-order chi connectivity index (χ0) is 14.3. The first-order valence-corrected chi connectivity index (χ1v) is 7.41. The number of aryl methyl sites for hydroxylation is 1. The highest BCUT2D eigenvalue weighted by Gasteiger charge is 2.27. The molecule has 3 rings (SSSR count). The largest absolute Gasteiger partial charge is 0.335 e. The van der Waals surface area contributed by atoms with Crippen LogP contribution in [-0.4, -0.2) is 32.8 Å². The van der Waals surface area contributed by atoms with Crippen LogP contribution < -0.4 is 0 Å². The van der Waals surface area contributed by atoms with Gasteiger partial charge >= 0.3 is 0 Å². The van der Waals surface area contributed by atoms with Gasteiger partial charge in [-0.05, 0) is 45.2 Å². The highest BCUT2D eigenvalue weighted by Crippen LogP contribution is 2.22. The summed E-state index contributed by atoms with van der Waals surface area (Å²) in [6, 6.07) is 3.92. The highest BCUT2D eigenvalue weighted by molar-refractivity contribution is 6.30. The number of pyridine rings is 1. The molecule has 3 heterocycles. The van der Waals surface area contributed by atoms with Crippen molar-refractivity contribution < 1.29 is 4.79 Å². The summed E-state index contributed by atoms with van der Waals surface area (Å²) in [7, 11) is 0. The Balaban J connectivity index is 2.06. The third-order valence-electron chi connectivity index (χ3n) is 4.02. The van der Waals surface area contributed by atoms with Gasteiger partial charge in [0.15, 0.2) is 0 Å². The van der Waals surface area contributed by atoms with E-state index in [1.165, 1.54) is 6.42 Å².